The fraction of sp³-hybridized carbons (Fsp3) is 0.500. The maximum Gasteiger partial charge on any atom is 0.236 e. The van der Waals surface area contributed by atoms with Gasteiger partial charge in [-0.2, -0.15) is 0 Å². The summed E-state index contributed by atoms with van der Waals surface area (Å²) in [7, 11) is 3.77. The molecule has 1 aromatic carbocycles. The number of hydrogen-bond donors (Lipinski definition) is 1. The number of benzene rings is 1. The van der Waals surface area contributed by atoms with Crippen molar-refractivity contribution in [2.75, 3.05) is 26.4 Å². The normalized spacial score (nSPS) is 11.0. The highest BCUT2D eigenvalue weighted by Gasteiger charge is 2.14. The molecule has 0 atom stereocenters. The molecule has 100 valence electrons. The lowest BCUT2D eigenvalue weighted by Gasteiger charge is -2.24. The second-order valence-electron chi connectivity index (χ2n) is 5.02. The Morgan fingerprint density at radius 2 is 2.00 bits per heavy atom. The Kier molecular flexibility index (Phi) is 5.16. The maximum atomic E-state index is 11.9. The summed E-state index contributed by atoms with van der Waals surface area (Å²) in [6.45, 7) is 5.16. The molecule has 1 rings (SSSR count). The van der Waals surface area contributed by atoms with Gasteiger partial charge in [-0.1, -0.05) is 12.1 Å². The van der Waals surface area contributed by atoms with Gasteiger partial charge in [0.2, 0.25) is 5.91 Å². The zero-order valence-electron chi connectivity index (χ0n) is 11.7. The van der Waals surface area contributed by atoms with Gasteiger partial charge in [0.05, 0.1) is 6.54 Å². The van der Waals surface area contributed by atoms with Crippen LogP contribution in [-0.4, -0.2) is 42.4 Å². The molecule has 0 aliphatic carbocycles. The number of hydrogen-bond acceptors (Lipinski definition) is 3. The molecule has 0 aromatic heterocycles. The molecular formula is C14H23N3O. The first-order valence-electron chi connectivity index (χ1n) is 6.18. The van der Waals surface area contributed by atoms with Crippen molar-refractivity contribution in [3.8, 4) is 0 Å². The molecule has 2 N–H and O–H groups in total. The Hall–Kier alpha value is -1.55. The minimum absolute atomic E-state index is 0.136. The number of carbonyl (C=O) groups is 1. The summed E-state index contributed by atoms with van der Waals surface area (Å²) in [5.41, 5.74) is 7.61. The van der Waals surface area contributed by atoms with E-state index >= 15 is 0 Å². The third-order valence-corrected chi connectivity index (χ3v) is 2.98. The highest BCUT2D eigenvalue weighted by molar-refractivity contribution is 5.78. The van der Waals surface area contributed by atoms with Gasteiger partial charge in [-0.15, -0.1) is 0 Å². The van der Waals surface area contributed by atoms with Gasteiger partial charge < -0.3 is 10.6 Å². The Bertz CT molecular complexity index is 404. The first-order valence-corrected chi connectivity index (χ1v) is 6.18. The molecule has 4 nitrogen and oxygen atoms in total. The summed E-state index contributed by atoms with van der Waals surface area (Å²) in [4.78, 5) is 15.7. The van der Waals surface area contributed by atoms with Crippen molar-refractivity contribution < 1.29 is 4.79 Å². The fourth-order valence-corrected chi connectivity index (χ4v) is 1.69. The van der Waals surface area contributed by atoms with Crippen LogP contribution in [0.2, 0.25) is 0 Å². The molecule has 0 bridgehead atoms. The lowest BCUT2D eigenvalue weighted by molar-refractivity contribution is -0.132. The predicted octanol–water partition coefficient (Wildman–Crippen LogP) is 1.57. The molecule has 18 heavy (non-hydrogen) atoms. The zero-order valence-corrected chi connectivity index (χ0v) is 11.7. The molecule has 0 heterocycles. The van der Waals surface area contributed by atoms with E-state index in [0.29, 0.717) is 6.54 Å². The van der Waals surface area contributed by atoms with E-state index in [-0.39, 0.29) is 11.9 Å². The van der Waals surface area contributed by atoms with Crippen molar-refractivity contribution in [2.24, 2.45) is 0 Å². The molecule has 0 unspecified atom stereocenters. The van der Waals surface area contributed by atoms with Gasteiger partial charge >= 0.3 is 0 Å². The fourth-order valence-electron chi connectivity index (χ4n) is 1.69. The summed E-state index contributed by atoms with van der Waals surface area (Å²) in [5.74, 6) is 0.136. The van der Waals surface area contributed by atoms with E-state index in [2.05, 4.69) is 0 Å². The standard InChI is InChI=1S/C14H23N3O/c1-11(2)17(4)14(18)10-16(3)9-12-6-5-7-13(15)8-12/h5-8,11H,9-10,15H2,1-4H3. The van der Waals surface area contributed by atoms with Crippen LogP contribution in [0.5, 0.6) is 0 Å². The second-order valence-corrected chi connectivity index (χ2v) is 5.02. The minimum atomic E-state index is 0.136. The van der Waals surface area contributed by atoms with Crippen LogP contribution in [0.1, 0.15) is 19.4 Å². The van der Waals surface area contributed by atoms with Gasteiger partial charge in [0, 0.05) is 25.3 Å². The highest BCUT2D eigenvalue weighted by Crippen LogP contribution is 2.08. The summed E-state index contributed by atoms with van der Waals surface area (Å²) < 4.78 is 0. The van der Waals surface area contributed by atoms with Crippen molar-refractivity contribution >= 4 is 11.6 Å². The van der Waals surface area contributed by atoms with Crippen molar-refractivity contribution in [1.29, 1.82) is 0 Å². The molecule has 4 heteroatoms. The van der Waals surface area contributed by atoms with E-state index in [1.165, 1.54) is 0 Å². The first-order chi connectivity index (χ1) is 8.40. The average Bonchev–Trinajstić information content (AvgIpc) is 2.27. The van der Waals surface area contributed by atoms with Crippen LogP contribution in [0.15, 0.2) is 24.3 Å². The predicted molar refractivity (Wildman–Crippen MR) is 75.1 cm³/mol. The van der Waals surface area contributed by atoms with Crippen LogP contribution in [-0.2, 0) is 11.3 Å². The summed E-state index contributed by atoms with van der Waals surface area (Å²) in [6.07, 6.45) is 0. The number of nitrogens with two attached hydrogens (primary N) is 1. The Balaban J connectivity index is 2.51. The number of carbonyl (C=O) groups excluding carboxylic acids is 1. The third kappa shape index (κ3) is 4.37. The highest BCUT2D eigenvalue weighted by atomic mass is 16.2. The van der Waals surface area contributed by atoms with Crippen LogP contribution < -0.4 is 5.73 Å². The Labute approximate surface area is 109 Å². The van der Waals surface area contributed by atoms with E-state index in [0.717, 1.165) is 17.8 Å². The molecule has 1 amide bonds. The third-order valence-electron chi connectivity index (χ3n) is 2.98. The monoisotopic (exact) mass is 249 g/mol. The van der Waals surface area contributed by atoms with Gasteiger partial charge in [0.25, 0.3) is 0 Å². The van der Waals surface area contributed by atoms with E-state index in [1.807, 2.05) is 57.1 Å². The maximum absolute atomic E-state index is 11.9. The van der Waals surface area contributed by atoms with Crippen molar-refractivity contribution in [2.45, 2.75) is 26.4 Å². The van der Waals surface area contributed by atoms with Gasteiger partial charge in [0.15, 0.2) is 0 Å². The second kappa shape index (κ2) is 6.40. The Morgan fingerprint density at radius 3 is 2.56 bits per heavy atom. The van der Waals surface area contributed by atoms with Crippen molar-refractivity contribution in [3.05, 3.63) is 29.8 Å². The van der Waals surface area contributed by atoms with Gasteiger partial charge in [0.1, 0.15) is 0 Å². The van der Waals surface area contributed by atoms with Crippen molar-refractivity contribution in [3.63, 3.8) is 0 Å². The van der Waals surface area contributed by atoms with Crippen LogP contribution in [0, 0.1) is 0 Å². The number of likely N-dealkylation sites (N-methyl/N-ethyl adjacent to an activating group) is 2. The minimum Gasteiger partial charge on any atom is -0.399 e. The van der Waals surface area contributed by atoms with Crippen LogP contribution in [0.25, 0.3) is 0 Å². The van der Waals surface area contributed by atoms with Crippen LogP contribution in [0.3, 0.4) is 0 Å². The molecule has 1 aromatic rings. The number of amides is 1. The van der Waals surface area contributed by atoms with Gasteiger partial charge in [-0.3, -0.25) is 9.69 Å². The van der Waals surface area contributed by atoms with Crippen LogP contribution >= 0.6 is 0 Å². The number of nitrogens with zero attached hydrogens (tertiary/aromatic N) is 2. The lowest BCUT2D eigenvalue weighted by Crippen LogP contribution is -2.39. The topological polar surface area (TPSA) is 49.6 Å². The number of nitrogen functional groups attached to an aromatic ring is 1. The molecule has 0 aliphatic heterocycles. The smallest absolute Gasteiger partial charge is 0.236 e. The molecule has 0 aliphatic rings. The first kappa shape index (κ1) is 14.5. The van der Waals surface area contributed by atoms with E-state index in [9.17, 15) is 4.79 Å². The largest absolute Gasteiger partial charge is 0.399 e. The van der Waals surface area contributed by atoms with E-state index < -0.39 is 0 Å². The Morgan fingerprint density at radius 1 is 1.33 bits per heavy atom. The molecule has 0 spiro atoms. The van der Waals surface area contributed by atoms with Gasteiger partial charge in [-0.25, -0.2) is 0 Å². The number of anilines is 1. The van der Waals surface area contributed by atoms with E-state index in [1.54, 1.807) is 4.90 Å². The molecule has 0 saturated carbocycles. The zero-order chi connectivity index (χ0) is 13.7. The quantitative estimate of drug-likeness (QED) is 0.806. The van der Waals surface area contributed by atoms with E-state index in [4.69, 9.17) is 5.73 Å². The van der Waals surface area contributed by atoms with Crippen LogP contribution in [0.4, 0.5) is 5.69 Å². The molecule has 0 fully saturated rings. The van der Waals surface area contributed by atoms with Crippen molar-refractivity contribution in [1.82, 2.24) is 9.80 Å². The summed E-state index contributed by atoms with van der Waals surface area (Å²) >= 11 is 0. The average molecular weight is 249 g/mol. The molecule has 0 radical (unpaired) electrons. The molecular weight excluding hydrogens is 226 g/mol. The number of rotatable bonds is 5. The van der Waals surface area contributed by atoms with Gasteiger partial charge in [-0.05, 0) is 38.6 Å². The lowest BCUT2D eigenvalue weighted by atomic mass is 10.2. The summed E-state index contributed by atoms with van der Waals surface area (Å²) in [5, 5.41) is 0. The molecule has 0 saturated heterocycles. The SMILES string of the molecule is CC(C)N(C)C(=O)CN(C)Cc1cccc(N)c1. The summed E-state index contributed by atoms with van der Waals surface area (Å²) in [6, 6.07) is 7.98.